The second kappa shape index (κ2) is 10.8. The molecule has 3 rings (SSSR count). The number of benzene rings is 1. The summed E-state index contributed by atoms with van der Waals surface area (Å²) in [5.41, 5.74) is 2.31. The number of nitrogens with zero attached hydrogens (tertiary/aromatic N) is 2. The van der Waals surface area contributed by atoms with Crippen molar-refractivity contribution < 1.29 is 24.4 Å². The van der Waals surface area contributed by atoms with Gasteiger partial charge in [0.15, 0.2) is 0 Å². The van der Waals surface area contributed by atoms with Gasteiger partial charge in [-0.05, 0) is 29.7 Å². The van der Waals surface area contributed by atoms with E-state index in [9.17, 15) is 5.11 Å². The van der Waals surface area contributed by atoms with E-state index in [0.717, 1.165) is 57.1 Å². The van der Waals surface area contributed by atoms with Gasteiger partial charge in [-0.15, -0.1) is 0 Å². The number of hydrogen-bond acceptors (Lipinski definition) is 7. The number of hydrogen-bond donors (Lipinski definition) is 2. The summed E-state index contributed by atoms with van der Waals surface area (Å²) >= 11 is 0. The average Bonchev–Trinajstić information content (AvgIpc) is 2.74. The van der Waals surface area contributed by atoms with Crippen LogP contribution in [0.3, 0.4) is 0 Å². The molecule has 2 aliphatic heterocycles. The van der Waals surface area contributed by atoms with Crippen molar-refractivity contribution in [3.8, 4) is 11.5 Å². The van der Waals surface area contributed by atoms with Gasteiger partial charge in [-0.2, -0.15) is 0 Å². The van der Waals surface area contributed by atoms with Crippen LogP contribution >= 0.6 is 0 Å². The molecular weight excluding hydrogens is 360 g/mol. The summed E-state index contributed by atoms with van der Waals surface area (Å²) < 4.78 is 16.7. The molecule has 1 unspecified atom stereocenters. The Labute approximate surface area is 167 Å². The van der Waals surface area contributed by atoms with E-state index in [-0.39, 0.29) is 13.2 Å². The summed E-state index contributed by atoms with van der Waals surface area (Å²) in [4.78, 5) is 4.48. The highest BCUT2D eigenvalue weighted by atomic mass is 16.5. The van der Waals surface area contributed by atoms with Gasteiger partial charge in [0.2, 0.25) is 0 Å². The number of piperazine rings is 1. The molecule has 2 heterocycles. The Balaban J connectivity index is 1.51. The number of ether oxygens (including phenoxy) is 3. The van der Waals surface area contributed by atoms with Crippen molar-refractivity contribution in [3.05, 3.63) is 29.8 Å². The van der Waals surface area contributed by atoms with E-state index < -0.39 is 6.10 Å². The van der Waals surface area contributed by atoms with Gasteiger partial charge in [0.05, 0.1) is 26.9 Å². The number of aliphatic hydroxyl groups is 2. The maximum atomic E-state index is 10.4. The van der Waals surface area contributed by atoms with Crippen LogP contribution in [-0.4, -0.2) is 98.9 Å². The first-order valence-corrected chi connectivity index (χ1v) is 10.0. The van der Waals surface area contributed by atoms with Gasteiger partial charge in [-0.25, -0.2) is 0 Å². The second-order valence-electron chi connectivity index (χ2n) is 7.28. The standard InChI is InChI=1S/C21H32N2O5/c1-26-20-12-18(17-2-10-27-11-3-17)13-21(14-20)28-16-19(25)15-23-6-4-22(5-7-23)8-9-24/h2,12-14,19,24-25H,3-11,15-16H2,1H3. The van der Waals surface area contributed by atoms with E-state index in [1.165, 1.54) is 5.57 Å². The third-order valence-electron chi connectivity index (χ3n) is 5.24. The fourth-order valence-electron chi connectivity index (χ4n) is 3.63. The Bertz CT molecular complexity index is 644. The van der Waals surface area contributed by atoms with Gasteiger partial charge in [-0.1, -0.05) is 6.08 Å². The minimum atomic E-state index is -0.554. The largest absolute Gasteiger partial charge is 0.497 e. The summed E-state index contributed by atoms with van der Waals surface area (Å²) in [7, 11) is 1.65. The molecular formula is C21H32N2O5. The van der Waals surface area contributed by atoms with Gasteiger partial charge in [0.1, 0.15) is 24.2 Å². The highest BCUT2D eigenvalue weighted by molar-refractivity contribution is 5.68. The van der Waals surface area contributed by atoms with Crippen molar-refractivity contribution in [2.24, 2.45) is 0 Å². The molecule has 1 aromatic rings. The van der Waals surface area contributed by atoms with E-state index in [0.29, 0.717) is 18.9 Å². The molecule has 0 saturated carbocycles. The van der Waals surface area contributed by atoms with Crippen LogP contribution in [-0.2, 0) is 4.74 Å². The summed E-state index contributed by atoms with van der Waals surface area (Å²) in [5.74, 6) is 1.45. The molecule has 1 atom stereocenters. The molecule has 0 spiro atoms. The zero-order valence-electron chi connectivity index (χ0n) is 16.7. The molecule has 7 nitrogen and oxygen atoms in total. The summed E-state index contributed by atoms with van der Waals surface area (Å²) in [6.45, 7) is 6.75. The van der Waals surface area contributed by atoms with E-state index >= 15 is 0 Å². The molecule has 0 aromatic heterocycles. The topological polar surface area (TPSA) is 74.6 Å². The Morgan fingerprint density at radius 1 is 1.11 bits per heavy atom. The maximum absolute atomic E-state index is 10.4. The minimum Gasteiger partial charge on any atom is -0.497 e. The number of rotatable bonds is 9. The zero-order chi connectivity index (χ0) is 19.8. The quantitative estimate of drug-likeness (QED) is 0.645. The van der Waals surface area contributed by atoms with E-state index in [1.54, 1.807) is 7.11 Å². The van der Waals surface area contributed by atoms with Crippen LogP contribution in [0.1, 0.15) is 12.0 Å². The molecule has 2 aliphatic rings. The van der Waals surface area contributed by atoms with Crippen molar-refractivity contribution in [2.45, 2.75) is 12.5 Å². The van der Waals surface area contributed by atoms with Crippen LogP contribution in [0.2, 0.25) is 0 Å². The molecule has 0 bridgehead atoms. The third-order valence-corrected chi connectivity index (χ3v) is 5.24. The van der Waals surface area contributed by atoms with Gasteiger partial charge in [-0.3, -0.25) is 9.80 Å². The van der Waals surface area contributed by atoms with Crippen LogP contribution in [0.25, 0.3) is 5.57 Å². The lowest BCUT2D eigenvalue weighted by Gasteiger charge is -2.35. The van der Waals surface area contributed by atoms with Crippen molar-refractivity contribution in [1.82, 2.24) is 9.80 Å². The Morgan fingerprint density at radius 2 is 1.86 bits per heavy atom. The molecule has 2 N–H and O–H groups in total. The number of β-amino-alcohol motifs (C(OH)–C–C–N with tert-alkyl or cyclic N) is 2. The number of aliphatic hydroxyl groups excluding tert-OH is 2. The lowest BCUT2D eigenvalue weighted by molar-refractivity contribution is 0.0428. The molecule has 1 saturated heterocycles. The fourth-order valence-corrected chi connectivity index (χ4v) is 3.63. The molecule has 1 aromatic carbocycles. The monoisotopic (exact) mass is 392 g/mol. The maximum Gasteiger partial charge on any atom is 0.123 e. The predicted molar refractivity (Wildman–Crippen MR) is 108 cm³/mol. The SMILES string of the molecule is COc1cc(OCC(O)CN2CCN(CCO)CC2)cc(C2=CCOCC2)c1. The Morgan fingerprint density at radius 3 is 2.54 bits per heavy atom. The van der Waals surface area contributed by atoms with Crippen molar-refractivity contribution in [3.63, 3.8) is 0 Å². The van der Waals surface area contributed by atoms with Crippen LogP contribution < -0.4 is 9.47 Å². The zero-order valence-corrected chi connectivity index (χ0v) is 16.7. The molecule has 1 fully saturated rings. The van der Waals surface area contributed by atoms with E-state index in [4.69, 9.17) is 19.3 Å². The third kappa shape index (κ3) is 6.18. The van der Waals surface area contributed by atoms with Crippen LogP contribution in [0.5, 0.6) is 11.5 Å². The molecule has 7 heteroatoms. The Kier molecular flexibility index (Phi) is 8.12. The lowest BCUT2D eigenvalue weighted by atomic mass is 10.0. The van der Waals surface area contributed by atoms with Crippen molar-refractivity contribution in [1.29, 1.82) is 0 Å². The van der Waals surface area contributed by atoms with E-state index in [1.807, 2.05) is 18.2 Å². The highest BCUT2D eigenvalue weighted by Crippen LogP contribution is 2.30. The van der Waals surface area contributed by atoms with Gasteiger partial charge in [0.25, 0.3) is 0 Å². The van der Waals surface area contributed by atoms with Crippen molar-refractivity contribution in [2.75, 3.05) is 72.8 Å². The molecule has 0 radical (unpaired) electrons. The summed E-state index contributed by atoms with van der Waals surface area (Å²) in [6, 6.07) is 5.86. The van der Waals surface area contributed by atoms with Gasteiger partial charge in [0, 0.05) is 45.3 Å². The molecule has 28 heavy (non-hydrogen) atoms. The van der Waals surface area contributed by atoms with Crippen molar-refractivity contribution >= 4 is 5.57 Å². The first kappa shape index (κ1) is 21.1. The fraction of sp³-hybridized carbons (Fsp3) is 0.619. The minimum absolute atomic E-state index is 0.197. The molecule has 156 valence electrons. The predicted octanol–water partition coefficient (Wildman–Crippen LogP) is 0.849. The van der Waals surface area contributed by atoms with Crippen LogP contribution in [0.4, 0.5) is 0 Å². The summed E-state index contributed by atoms with van der Waals surface area (Å²) in [5, 5.41) is 19.4. The van der Waals surface area contributed by atoms with E-state index in [2.05, 4.69) is 15.9 Å². The molecule has 0 amide bonds. The first-order chi connectivity index (χ1) is 13.7. The average molecular weight is 392 g/mol. The van der Waals surface area contributed by atoms with Gasteiger partial charge >= 0.3 is 0 Å². The van der Waals surface area contributed by atoms with Gasteiger partial charge < -0.3 is 24.4 Å². The smallest absolute Gasteiger partial charge is 0.123 e. The normalized spacial score (nSPS) is 19.9. The first-order valence-electron chi connectivity index (χ1n) is 10.0. The summed E-state index contributed by atoms with van der Waals surface area (Å²) in [6.07, 6.45) is 2.41. The molecule has 0 aliphatic carbocycles. The highest BCUT2D eigenvalue weighted by Gasteiger charge is 2.19. The van der Waals surface area contributed by atoms with Crippen LogP contribution in [0, 0.1) is 0 Å². The second-order valence-corrected chi connectivity index (χ2v) is 7.28. The number of methoxy groups -OCH3 is 1. The lowest BCUT2D eigenvalue weighted by Crippen LogP contribution is -2.49. The Hall–Kier alpha value is -1.64. The van der Waals surface area contributed by atoms with Crippen LogP contribution in [0.15, 0.2) is 24.3 Å².